The SMILES string of the molecule is CN(C)c1ccccc1NC(=O)NC1CCS(=O)(=O)C1. The standard InChI is InChI=1S/C13H19N3O3S/c1-16(2)12-6-4-3-5-11(12)15-13(17)14-10-7-8-20(18,19)9-10/h3-6,10H,7-9H2,1-2H3,(H2,14,15,17). The zero-order valence-corrected chi connectivity index (χ0v) is 12.4. The van der Waals surface area contributed by atoms with Crippen LogP contribution in [0.25, 0.3) is 0 Å². The minimum absolute atomic E-state index is 0.0236. The average Bonchev–Trinajstić information content (AvgIpc) is 2.68. The Morgan fingerprint density at radius 3 is 2.60 bits per heavy atom. The summed E-state index contributed by atoms with van der Waals surface area (Å²) in [7, 11) is 0.795. The van der Waals surface area contributed by atoms with Crippen LogP contribution in [-0.2, 0) is 9.84 Å². The highest BCUT2D eigenvalue weighted by Gasteiger charge is 2.28. The lowest BCUT2D eigenvalue weighted by Crippen LogP contribution is -2.38. The molecule has 2 rings (SSSR count). The van der Waals surface area contributed by atoms with Crippen molar-refractivity contribution in [2.45, 2.75) is 12.5 Å². The van der Waals surface area contributed by atoms with Gasteiger partial charge in [0.25, 0.3) is 0 Å². The van der Waals surface area contributed by atoms with Crippen LogP contribution in [-0.4, -0.2) is 46.1 Å². The summed E-state index contributed by atoms with van der Waals surface area (Å²) in [5, 5.41) is 5.46. The van der Waals surface area contributed by atoms with Crippen LogP contribution in [0.15, 0.2) is 24.3 Å². The van der Waals surface area contributed by atoms with E-state index in [2.05, 4.69) is 10.6 Å². The highest BCUT2D eigenvalue weighted by molar-refractivity contribution is 7.91. The first-order chi connectivity index (χ1) is 9.37. The molecule has 6 nitrogen and oxygen atoms in total. The van der Waals surface area contributed by atoms with Crippen LogP contribution >= 0.6 is 0 Å². The molecule has 0 aromatic heterocycles. The molecule has 1 unspecified atom stereocenters. The molecule has 0 radical (unpaired) electrons. The summed E-state index contributed by atoms with van der Waals surface area (Å²) in [6.45, 7) is 0. The van der Waals surface area contributed by atoms with Crippen molar-refractivity contribution in [1.29, 1.82) is 0 Å². The number of sulfone groups is 1. The molecule has 1 atom stereocenters. The molecule has 7 heteroatoms. The first-order valence-electron chi connectivity index (χ1n) is 6.42. The third-order valence-corrected chi connectivity index (χ3v) is 4.97. The molecule has 1 aliphatic heterocycles. The second kappa shape index (κ2) is 5.70. The van der Waals surface area contributed by atoms with E-state index in [-0.39, 0.29) is 23.6 Å². The summed E-state index contributed by atoms with van der Waals surface area (Å²) in [6, 6.07) is 6.76. The summed E-state index contributed by atoms with van der Waals surface area (Å²) in [5.74, 6) is 0.169. The fourth-order valence-electron chi connectivity index (χ4n) is 2.22. The number of urea groups is 1. The molecule has 110 valence electrons. The lowest BCUT2D eigenvalue weighted by atomic mass is 10.2. The number of amides is 2. The Morgan fingerprint density at radius 2 is 2.00 bits per heavy atom. The fourth-order valence-corrected chi connectivity index (χ4v) is 3.90. The van der Waals surface area contributed by atoms with E-state index in [4.69, 9.17) is 0 Å². The number of hydrogen-bond donors (Lipinski definition) is 2. The fraction of sp³-hybridized carbons (Fsp3) is 0.462. The van der Waals surface area contributed by atoms with Crippen LogP contribution in [0.2, 0.25) is 0 Å². The number of rotatable bonds is 3. The lowest BCUT2D eigenvalue weighted by Gasteiger charge is -2.19. The number of para-hydroxylation sites is 2. The third-order valence-electron chi connectivity index (χ3n) is 3.20. The van der Waals surface area contributed by atoms with Crippen molar-refractivity contribution in [3.05, 3.63) is 24.3 Å². The summed E-state index contributed by atoms with van der Waals surface area (Å²) < 4.78 is 22.7. The Hall–Kier alpha value is -1.76. The molecule has 1 heterocycles. The second-order valence-corrected chi connectivity index (χ2v) is 7.34. The quantitative estimate of drug-likeness (QED) is 0.874. The number of benzene rings is 1. The van der Waals surface area contributed by atoms with Crippen LogP contribution < -0.4 is 15.5 Å². The van der Waals surface area contributed by atoms with Gasteiger partial charge >= 0.3 is 6.03 Å². The number of hydrogen-bond acceptors (Lipinski definition) is 4. The number of anilines is 2. The summed E-state index contributed by atoms with van der Waals surface area (Å²) in [6.07, 6.45) is 0.477. The minimum atomic E-state index is -2.99. The molecule has 0 saturated carbocycles. The van der Waals surface area contributed by atoms with E-state index in [0.717, 1.165) is 5.69 Å². The summed E-state index contributed by atoms with van der Waals surface area (Å²) in [5.41, 5.74) is 1.58. The maximum atomic E-state index is 11.9. The zero-order chi connectivity index (χ0) is 14.8. The molecule has 1 aromatic rings. The molecule has 1 saturated heterocycles. The number of nitrogens with one attached hydrogen (secondary N) is 2. The van der Waals surface area contributed by atoms with Gasteiger partial charge in [-0.1, -0.05) is 12.1 Å². The lowest BCUT2D eigenvalue weighted by molar-refractivity contribution is 0.249. The van der Waals surface area contributed by atoms with Gasteiger partial charge in [0, 0.05) is 20.1 Å². The molecule has 0 bridgehead atoms. The smallest absolute Gasteiger partial charge is 0.319 e. The summed E-state index contributed by atoms with van der Waals surface area (Å²) >= 11 is 0. The molecule has 1 aromatic carbocycles. The van der Waals surface area contributed by atoms with Gasteiger partial charge in [-0.3, -0.25) is 0 Å². The number of carbonyl (C=O) groups is 1. The number of carbonyl (C=O) groups excluding carboxylic acids is 1. The Labute approximate surface area is 119 Å². The normalized spacial score (nSPS) is 20.4. The van der Waals surface area contributed by atoms with E-state index in [1.165, 1.54) is 0 Å². The Morgan fingerprint density at radius 1 is 1.30 bits per heavy atom. The third kappa shape index (κ3) is 3.63. The van der Waals surface area contributed by atoms with Gasteiger partial charge in [0.2, 0.25) is 0 Å². The largest absolute Gasteiger partial charge is 0.376 e. The van der Waals surface area contributed by atoms with Crippen molar-refractivity contribution in [2.75, 3.05) is 35.8 Å². The van der Waals surface area contributed by atoms with Crippen LogP contribution in [0.4, 0.5) is 16.2 Å². The van der Waals surface area contributed by atoms with Gasteiger partial charge < -0.3 is 15.5 Å². The molecular weight excluding hydrogens is 278 g/mol. The molecule has 2 amide bonds. The number of nitrogens with zero attached hydrogens (tertiary/aromatic N) is 1. The maximum Gasteiger partial charge on any atom is 0.319 e. The van der Waals surface area contributed by atoms with E-state index < -0.39 is 9.84 Å². The van der Waals surface area contributed by atoms with E-state index in [0.29, 0.717) is 12.1 Å². The van der Waals surface area contributed by atoms with Gasteiger partial charge in [-0.25, -0.2) is 13.2 Å². The van der Waals surface area contributed by atoms with Crippen molar-refractivity contribution >= 4 is 27.2 Å². The highest BCUT2D eigenvalue weighted by Crippen LogP contribution is 2.23. The van der Waals surface area contributed by atoms with Crippen molar-refractivity contribution in [2.24, 2.45) is 0 Å². The van der Waals surface area contributed by atoms with E-state index in [1.54, 1.807) is 6.07 Å². The van der Waals surface area contributed by atoms with Gasteiger partial charge in [0.15, 0.2) is 9.84 Å². The highest BCUT2D eigenvalue weighted by atomic mass is 32.2. The molecule has 2 N–H and O–H groups in total. The molecule has 0 aliphatic carbocycles. The Bertz CT molecular complexity index is 599. The predicted octanol–water partition coefficient (Wildman–Crippen LogP) is 1.06. The minimum Gasteiger partial charge on any atom is -0.376 e. The average molecular weight is 297 g/mol. The molecule has 1 fully saturated rings. The predicted molar refractivity (Wildman–Crippen MR) is 80.0 cm³/mol. The maximum absolute atomic E-state index is 11.9. The van der Waals surface area contributed by atoms with Crippen molar-refractivity contribution in [3.8, 4) is 0 Å². The van der Waals surface area contributed by atoms with E-state index >= 15 is 0 Å². The van der Waals surface area contributed by atoms with Crippen LogP contribution in [0.5, 0.6) is 0 Å². The summed E-state index contributed by atoms with van der Waals surface area (Å²) in [4.78, 5) is 13.8. The van der Waals surface area contributed by atoms with Gasteiger partial charge in [0.05, 0.1) is 22.9 Å². The van der Waals surface area contributed by atoms with Gasteiger partial charge in [0.1, 0.15) is 0 Å². The molecule has 20 heavy (non-hydrogen) atoms. The molecule has 0 spiro atoms. The second-order valence-electron chi connectivity index (χ2n) is 5.11. The molecule has 1 aliphatic rings. The topological polar surface area (TPSA) is 78.5 Å². The molecular formula is C13H19N3O3S. The Balaban J connectivity index is 1.99. The van der Waals surface area contributed by atoms with Crippen LogP contribution in [0.3, 0.4) is 0 Å². The van der Waals surface area contributed by atoms with Gasteiger partial charge in [-0.05, 0) is 18.6 Å². The first kappa shape index (κ1) is 14.6. The van der Waals surface area contributed by atoms with Crippen LogP contribution in [0, 0.1) is 0 Å². The van der Waals surface area contributed by atoms with E-state index in [9.17, 15) is 13.2 Å². The monoisotopic (exact) mass is 297 g/mol. The first-order valence-corrected chi connectivity index (χ1v) is 8.24. The van der Waals surface area contributed by atoms with Crippen molar-refractivity contribution in [1.82, 2.24) is 5.32 Å². The van der Waals surface area contributed by atoms with E-state index in [1.807, 2.05) is 37.2 Å². The van der Waals surface area contributed by atoms with Crippen molar-refractivity contribution in [3.63, 3.8) is 0 Å². The zero-order valence-electron chi connectivity index (χ0n) is 11.6. The Kier molecular flexibility index (Phi) is 4.17. The van der Waals surface area contributed by atoms with Crippen molar-refractivity contribution < 1.29 is 13.2 Å². The van der Waals surface area contributed by atoms with Crippen LogP contribution in [0.1, 0.15) is 6.42 Å². The van der Waals surface area contributed by atoms with Gasteiger partial charge in [-0.2, -0.15) is 0 Å². The van der Waals surface area contributed by atoms with Gasteiger partial charge in [-0.15, -0.1) is 0 Å².